The third-order valence-electron chi connectivity index (χ3n) is 6.40. The maximum absolute atomic E-state index is 12.8. The molecule has 3 unspecified atom stereocenters. The molecule has 1 amide bonds. The maximum atomic E-state index is 12.8. The molecule has 2 fully saturated rings. The molecule has 1 saturated heterocycles. The molecule has 31 heavy (non-hydrogen) atoms. The van der Waals surface area contributed by atoms with Crippen molar-refractivity contribution >= 4 is 21.9 Å². The molecule has 1 aromatic heterocycles. The van der Waals surface area contributed by atoms with Gasteiger partial charge in [-0.2, -0.15) is 4.31 Å². The first kappa shape index (κ1) is 23.7. The molecule has 1 aromatic rings. The maximum Gasteiger partial charge on any atom is 0.374 e. The number of rotatable bonds is 7. The van der Waals surface area contributed by atoms with Crippen molar-refractivity contribution in [1.82, 2.24) is 14.5 Å². The molecule has 0 radical (unpaired) electrons. The van der Waals surface area contributed by atoms with Gasteiger partial charge in [-0.1, -0.05) is 26.7 Å². The van der Waals surface area contributed by atoms with Crippen molar-refractivity contribution in [3.05, 3.63) is 17.9 Å². The average Bonchev–Trinajstić information content (AvgIpc) is 3.23. The first-order valence-corrected chi connectivity index (χ1v) is 12.4. The van der Waals surface area contributed by atoms with E-state index in [-0.39, 0.29) is 49.0 Å². The fourth-order valence-corrected chi connectivity index (χ4v) is 5.60. The molecule has 1 aliphatic carbocycles. The van der Waals surface area contributed by atoms with Crippen LogP contribution >= 0.6 is 0 Å². The van der Waals surface area contributed by atoms with Gasteiger partial charge >= 0.3 is 5.97 Å². The molecule has 9 nitrogen and oxygen atoms in total. The Morgan fingerprint density at radius 1 is 1.16 bits per heavy atom. The highest BCUT2D eigenvalue weighted by Gasteiger charge is 2.33. The molecule has 3 atom stereocenters. The predicted octanol–water partition coefficient (Wildman–Crippen LogP) is 1.70. The van der Waals surface area contributed by atoms with Gasteiger partial charge in [-0.05, 0) is 37.3 Å². The van der Waals surface area contributed by atoms with E-state index in [2.05, 4.69) is 19.2 Å². The summed E-state index contributed by atoms with van der Waals surface area (Å²) in [5.41, 5.74) is 0. The minimum atomic E-state index is -3.85. The summed E-state index contributed by atoms with van der Waals surface area (Å²) < 4.78 is 37.0. The van der Waals surface area contributed by atoms with Crippen molar-refractivity contribution in [3.8, 4) is 0 Å². The normalized spacial score (nSPS) is 25.8. The van der Waals surface area contributed by atoms with Gasteiger partial charge in [-0.3, -0.25) is 9.69 Å². The first-order chi connectivity index (χ1) is 14.7. The van der Waals surface area contributed by atoms with Crippen LogP contribution in [0.25, 0.3) is 0 Å². The van der Waals surface area contributed by atoms with Gasteiger partial charge in [0, 0.05) is 32.2 Å². The summed E-state index contributed by atoms with van der Waals surface area (Å²) in [5.74, 6) is 0.238. The number of hydrogen-bond acceptors (Lipinski definition) is 7. The monoisotopic (exact) mass is 455 g/mol. The second kappa shape index (κ2) is 10.1. The van der Waals surface area contributed by atoms with E-state index in [0.29, 0.717) is 24.9 Å². The summed E-state index contributed by atoms with van der Waals surface area (Å²) in [6.07, 6.45) is 3.36. The van der Waals surface area contributed by atoms with Crippen molar-refractivity contribution < 1.29 is 27.2 Å². The number of furan rings is 1. The Hall–Kier alpha value is -1.91. The van der Waals surface area contributed by atoms with Crippen LogP contribution in [0.1, 0.15) is 50.6 Å². The molecule has 2 heterocycles. The summed E-state index contributed by atoms with van der Waals surface area (Å²) in [6, 6.07) is 2.79. The summed E-state index contributed by atoms with van der Waals surface area (Å²) >= 11 is 0. The van der Waals surface area contributed by atoms with Crippen LogP contribution in [-0.4, -0.2) is 74.9 Å². The van der Waals surface area contributed by atoms with E-state index >= 15 is 0 Å². The molecule has 2 aliphatic rings. The summed E-state index contributed by atoms with van der Waals surface area (Å²) in [7, 11) is -3.85. The van der Waals surface area contributed by atoms with Gasteiger partial charge < -0.3 is 14.5 Å². The van der Waals surface area contributed by atoms with Gasteiger partial charge in [-0.25, -0.2) is 13.2 Å². The molecule has 1 N–H and O–H groups in total. The van der Waals surface area contributed by atoms with Gasteiger partial charge in [0.05, 0.1) is 13.2 Å². The highest BCUT2D eigenvalue weighted by atomic mass is 32.2. The van der Waals surface area contributed by atoms with Gasteiger partial charge in [0.25, 0.3) is 10.0 Å². The van der Waals surface area contributed by atoms with Crippen LogP contribution in [0.4, 0.5) is 0 Å². The Labute approximate surface area is 184 Å². The Kier molecular flexibility index (Phi) is 7.77. The molecule has 3 rings (SSSR count). The Balaban J connectivity index is 1.50. The first-order valence-electron chi connectivity index (χ1n) is 11.0. The SMILES string of the molecule is CCOC(=O)c1ccc(S(=O)(=O)N2CCN(CC(=O)NC3CCCC(C)C3C)CC2)o1. The van der Waals surface area contributed by atoms with E-state index in [1.54, 1.807) is 6.92 Å². The van der Waals surface area contributed by atoms with Crippen molar-refractivity contribution in [1.29, 1.82) is 0 Å². The van der Waals surface area contributed by atoms with Gasteiger partial charge in [0.15, 0.2) is 0 Å². The van der Waals surface area contributed by atoms with E-state index in [4.69, 9.17) is 9.15 Å². The van der Waals surface area contributed by atoms with E-state index in [1.165, 1.54) is 22.9 Å². The lowest BCUT2D eigenvalue weighted by molar-refractivity contribution is -0.124. The fourth-order valence-electron chi connectivity index (χ4n) is 4.27. The third-order valence-corrected chi connectivity index (χ3v) is 8.18. The fraction of sp³-hybridized carbons (Fsp3) is 0.714. The number of nitrogens with zero attached hydrogens (tertiary/aromatic N) is 2. The molecule has 0 aromatic carbocycles. The zero-order valence-electron chi connectivity index (χ0n) is 18.5. The second-order valence-corrected chi connectivity index (χ2v) is 10.3. The van der Waals surface area contributed by atoms with Crippen LogP contribution in [0.3, 0.4) is 0 Å². The molecule has 1 aliphatic heterocycles. The smallest absolute Gasteiger partial charge is 0.374 e. The number of nitrogens with one attached hydrogen (secondary N) is 1. The van der Waals surface area contributed by atoms with Crippen LogP contribution in [0.5, 0.6) is 0 Å². The molecular weight excluding hydrogens is 422 g/mol. The second-order valence-electron chi connectivity index (χ2n) is 8.46. The number of sulfonamides is 1. The van der Waals surface area contributed by atoms with Crippen molar-refractivity contribution in [2.45, 2.75) is 51.2 Å². The third kappa shape index (κ3) is 5.67. The largest absolute Gasteiger partial charge is 0.460 e. The summed E-state index contributed by atoms with van der Waals surface area (Å²) in [5, 5.41) is 2.89. The van der Waals surface area contributed by atoms with Crippen LogP contribution in [0.2, 0.25) is 0 Å². The summed E-state index contributed by atoms with van der Waals surface area (Å²) in [6.45, 7) is 7.94. The van der Waals surface area contributed by atoms with E-state index in [9.17, 15) is 18.0 Å². The lowest BCUT2D eigenvalue weighted by Crippen LogP contribution is -2.52. The predicted molar refractivity (Wildman–Crippen MR) is 114 cm³/mol. The molecule has 174 valence electrons. The summed E-state index contributed by atoms with van der Waals surface area (Å²) in [4.78, 5) is 26.2. The molecule has 10 heteroatoms. The minimum absolute atomic E-state index is 0.00706. The standard InChI is InChI=1S/C21H33N3O6S/c1-4-29-21(26)18-8-9-20(30-18)31(27,28)24-12-10-23(11-13-24)14-19(25)22-17-7-5-6-15(2)16(17)3/h8-9,15-17H,4-7,10-14H2,1-3H3,(H,22,25). The molecule has 0 spiro atoms. The van der Waals surface area contributed by atoms with E-state index in [0.717, 1.165) is 12.8 Å². The molecule has 1 saturated carbocycles. The number of esters is 1. The number of amides is 1. The van der Waals surface area contributed by atoms with E-state index in [1.807, 2.05) is 4.90 Å². The molecular formula is C21H33N3O6S. The number of ether oxygens (including phenoxy) is 1. The number of carbonyl (C=O) groups is 2. The lowest BCUT2D eigenvalue weighted by Gasteiger charge is -2.36. The number of piperazine rings is 1. The zero-order valence-corrected chi connectivity index (χ0v) is 19.3. The minimum Gasteiger partial charge on any atom is -0.460 e. The van der Waals surface area contributed by atoms with Crippen molar-refractivity contribution in [2.75, 3.05) is 39.3 Å². The highest BCUT2D eigenvalue weighted by Crippen LogP contribution is 2.29. The van der Waals surface area contributed by atoms with Crippen LogP contribution in [0, 0.1) is 11.8 Å². The quantitative estimate of drug-likeness (QED) is 0.623. The lowest BCUT2D eigenvalue weighted by atomic mass is 9.78. The number of hydrogen-bond donors (Lipinski definition) is 1. The molecule has 0 bridgehead atoms. The van der Waals surface area contributed by atoms with Gasteiger partial charge in [0.1, 0.15) is 0 Å². The van der Waals surface area contributed by atoms with Crippen molar-refractivity contribution in [2.24, 2.45) is 11.8 Å². The highest BCUT2D eigenvalue weighted by molar-refractivity contribution is 7.89. The topological polar surface area (TPSA) is 109 Å². The Bertz CT molecular complexity index is 875. The Morgan fingerprint density at radius 3 is 2.55 bits per heavy atom. The van der Waals surface area contributed by atoms with Gasteiger partial charge in [0.2, 0.25) is 16.8 Å². The number of carbonyl (C=O) groups excluding carboxylic acids is 2. The van der Waals surface area contributed by atoms with Gasteiger partial charge in [-0.15, -0.1) is 0 Å². The van der Waals surface area contributed by atoms with E-state index < -0.39 is 16.0 Å². The Morgan fingerprint density at radius 2 is 1.87 bits per heavy atom. The average molecular weight is 456 g/mol. The van der Waals surface area contributed by atoms with Crippen molar-refractivity contribution in [3.63, 3.8) is 0 Å². The van der Waals surface area contributed by atoms with Crippen LogP contribution in [-0.2, 0) is 19.6 Å². The van der Waals surface area contributed by atoms with Crippen LogP contribution in [0.15, 0.2) is 21.6 Å². The zero-order chi connectivity index (χ0) is 22.6. The van der Waals surface area contributed by atoms with Crippen LogP contribution < -0.4 is 5.32 Å².